The lowest BCUT2D eigenvalue weighted by Gasteiger charge is -2.09. The van der Waals surface area contributed by atoms with Crippen molar-refractivity contribution in [1.82, 2.24) is 18.9 Å². The van der Waals surface area contributed by atoms with E-state index in [2.05, 4.69) is 9.97 Å². The van der Waals surface area contributed by atoms with Gasteiger partial charge in [-0.3, -0.25) is 4.98 Å². The second-order valence-electron chi connectivity index (χ2n) is 6.43. The predicted octanol–water partition coefficient (Wildman–Crippen LogP) is 4.24. The number of hydrogen-bond donors (Lipinski definition) is 1. The minimum Gasteiger partial charge on any atom is -0.494 e. The number of nitrogens with zero attached hydrogens (tertiary/aromatic N) is 4. The van der Waals surface area contributed by atoms with Gasteiger partial charge in [-0.15, -0.1) is 0 Å². The van der Waals surface area contributed by atoms with Crippen LogP contribution in [0.2, 0.25) is 0 Å². The maximum atomic E-state index is 14.7. The topological polar surface area (TPSA) is 55.4 Å². The molecule has 27 heavy (non-hydrogen) atoms. The second kappa shape index (κ2) is 5.95. The highest BCUT2D eigenvalue weighted by molar-refractivity contribution is 5.84. The molecule has 0 unspecified atom stereocenters. The Morgan fingerprint density at radius 1 is 0.963 bits per heavy atom. The van der Waals surface area contributed by atoms with E-state index in [0.717, 1.165) is 16.8 Å². The highest BCUT2D eigenvalue weighted by Gasteiger charge is 2.12. The zero-order chi connectivity index (χ0) is 18.4. The number of aromatic nitrogens is 4. The summed E-state index contributed by atoms with van der Waals surface area (Å²) >= 11 is 0. The van der Waals surface area contributed by atoms with Gasteiger partial charge in [0.05, 0.1) is 17.4 Å². The third kappa shape index (κ3) is 2.62. The molecule has 5 aromatic rings. The molecule has 0 saturated heterocycles. The van der Waals surface area contributed by atoms with E-state index >= 15 is 0 Å². The van der Waals surface area contributed by atoms with E-state index in [9.17, 15) is 9.50 Å². The fraction of sp³-hybridized carbons (Fsp3) is 0.0476. The zero-order valence-corrected chi connectivity index (χ0v) is 14.2. The predicted molar refractivity (Wildman–Crippen MR) is 101 cm³/mol. The minimum atomic E-state index is -0.316. The molecule has 1 aromatic carbocycles. The molecule has 5 rings (SSSR count). The number of fused-ring (bicyclic) bond motifs is 2. The summed E-state index contributed by atoms with van der Waals surface area (Å²) in [6.07, 6.45) is 8.90. The summed E-state index contributed by atoms with van der Waals surface area (Å²) in [7, 11) is 0. The van der Waals surface area contributed by atoms with Gasteiger partial charge in [0.25, 0.3) is 0 Å². The molecule has 0 radical (unpaired) electrons. The van der Waals surface area contributed by atoms with E-state index in [4.69, 9.17) is 0 Å². The highest BCUT2D eigenvalue weighted by atomic mass is 19.1. The average Bonchev–Trinajstić information content (AvgIpc) is 3.28. The molecule has 0 atom stereocenters. The van der Waals surface area contributed by atoms with Gasteiger partial charge in [0.1, 0.15) is 11.5 Å². The third-order valence-corrected chi connectivity index (χ3v) is 4.75. The Morgan fingerprint density at radius 2 is 1.85 bits per heavy atom. The van der Waals surface area contributed by atoms with Crippen LogP contribution in [0.15, 0.2) is 73.4 Å². The Balaban J connectivity index is 1.49. The van der Waals surface area contributed by atoms with E-state index < -0.39 is 0 Å². The Labute approximate surface area is 154 Å². The first kappa shape index (κ1) is 15.6. The number of imidazole rings is 1. The second-order valence-corrected chi connectivity index (χ2v) is 6.43. The van der Waals surface area contributed by atoms with Gasteiger partial charge in [-0.05, 0) is 41.5 Å². The summed E-state index contributed by atoms with van der Waals surface area (Å²) < 4.78 is 18.2. The van der Waals surface area contributed by atoms with Crippen LogP contribution in [-0.2, 0) is 6.54 Å². The number of halogens is 1. The van der Waals surface area contributed by atoms with Crippen LogP contribution in [-0.4, -0.2) is 24.0 Å². The van der Waals surface area contributed by atoms with Crippen LogP contribution < -0.4 is 0 Å². The fourth-order valence-corrected chi connectivity index (χ4v) is 3.32. The summed E-state index contributed by atoms with van der Waals surface area (Å²) in [5, 5.41) is 11.0. The molecule has 6 heteroatoms. The van der Waals surface area contributed by atoms with Crippen molar-refractivity contribution in [2.45, 2.75) is 6.54 Å². The lowest BCUT2D eigenvalue weighted by atomic mass is 10.0. The molecule has 0 aliphatic rings. The van der Waals surface area contributed by atoms with Crippen molar-refractivity contribution in [3.63, 3.8) is 0 Å². The molecule has 132 valence electrons. The van der Waals surface area contributed by atoms with Crippen molar-refractivity contribution < 1.29 is 9.50 Å². The zero-order valence-electron chi connectivity index (χ0n) is 14.2. The quantitative estimate of drug-likeness (QED) is 0.525. The number of rotatable bonds is 3. The maximum absolute atomic E-state index is 14.7. The van der Waals surface area contributed by atoms with E-state index in [1.807, 2.05) is 35.0 Å². The fourth-order valence-electron chi connectivity index (χ4n) is 3.32. The van der Waals surface area contributed by atoms with Crippen molar-refractivity contribution >= 4 is 16.6 Å². The molecule has 4 aromatic heterocycles. The van der Waals surface area contributed by atoms with Gasteiger partial charge in [-0.1, -0.05) is 12.1 Å². The molecular formula is C21H15FN4O. The molecule has 0 spiro atoms. The number of hydrogen-bond acceptors (Lipinski definition) is 3. The number of pyridine rings is 2. The summed E-state index contributed by atoms with van der Waals surface area (Å²) in [4.78, 5) is 8.43. The molecule has 0 amide bonds. The summed E-state index contributed by atoms with van der Waals surface area (Å²) in [5.74, 6) is -0.226. The van der Waals surface area contributed by atoms with Crippen LogP contribution in [0.3, 0.4) is 0 Å². The van der Waals surface area contributed by atoms with E-state index in [1.165, 1.54) is 6.07 Å². The van der Waals surface area contributed by atoms with Crippen molar-refractivity contribution in [2.75, 3.05) is 0 Å². The first-order chi connectivity index (χ1) is 13.2. The maximum Gasteiger partial charge on any atom is 0.201 e. The SMILES string of the molecule is Oc1c2cccnc2cn1Cc1ccc(-c2ccc3nccn3c2)cc1F. The molecule has 0 saturated carbocycles. The van der Waals surface area contributed by atoms with Gasteiger partial charge in [-0.25, -0.2) is 9.37 Å². The van der Waals surface area contributed by atoms with Gasteiger partial charge in [0, 0.05) is 36.5 Å². The van der Waals surface area contributed by atoms with Gasteiger partial charge in [0.2, 0.25) is 5.88 Å². The van der Waals surface area contributed by atoms with E-state index in [1.54, 1.807) is 41.4 Å². The average molecular weight is 358 g/mol. The molecule has 0 bridgehead atoms. The van der Waals surface area contributed by atoms with Crippen LogP contribution in [0.25, 0.3) is 27.7 Å². The van der Waals surface area contributed by atoms with Gasteiger partial charge >= 0.3 is 0 Å². The first-order valence-electron chi connectivity index (χ1n) is 8.53. The van der Waals surface area contributed by atoms with Crippen LogP contribution in [0.1, 0.15) is 5.56 Å². The lowest BCUT2D eigenvalue weighted by molar-refractivity contribution is 0.428. The molecule has 5 nitrogen and oxygen atoms in total. The Hall–Kier alpha value is -3.67. The molecular weight excluding hydrogens is 343 g/mol. The molecule has 0 aliphatic heterocycles. The van der Waals surface area contributed by atoms with E-state index in [-0.39, 0.29) is 18.2 Å². The van der Waals surface area contributed by atoms with Crippen LogP contribution in [0, 0.1) is 5.82 Å². The minimum absolute atomic E-state index is 0.0899. The lowest BCUT2D eigenvalue weighted by Crippen LogP contribution is -2.00. The Morgan fingerprint density at radius 3 is 2.70 bits per heavy atom. The number of benzene rings is 1. The van der Waals surface area contributed by atoms with E-state index in [0.29, 0.717) is 16.5 Å². The smallest absolute Gasteiger partial charge is 0.201 e. The van der Waals surface area contributed by atoms with Crippen molar-refractivity contribution in [2.24, 2.45) is 0 Å². The Bertz CT molecular complexity index is 1290. The summed E-state index contributed by atoms with van der Waals surface area (Å²) in [6.45, 7) is 0.231. The van der Waals surface area contributed by atoms with Crippen LogP contribution >= 0.6 is 0 Å². The van der Waals surface area contributed by atoms with Crippen molar-refractivity contribution in [3.05, 3.63) is 84.8 Å². The monoisotopic (exact) mass is 358 g/mol. The van der Waals surface area contributed by atoms with Gasteiger partial charge < -0.3 is 14.1 Å². The molecule has 0 aliphatic carbocycles. The first-order valence-corrected chi connectivity index (χ1v) is 8.53. The number of aromatic hydroxyl groups is 1. The normalized spacial score (nSPS) is 11.4. The van der Waals surface area contributed by atoms with Gasteiger partial charge in [0.15, 0.2) is 0 Å². The molecule has 0 fully saturated rings. The van der Waals surface area contributed by atoms with Crippen molar-refractivity contribution in [1.29, 1.82) is 0 Å². The largest absolute Gasteiger partial charge is 0.494 e. The summed E-state index contributed by atoms with van der Waals surface area (Å²) in [5.41, 5.74) is 3.72. The summed E-state index contributed by atoms with van der Waals surface area (Å²) in [6, 6.07) is 12.5. The molecule has 4 heterocycles. The highest BCUT2D eigenvalue weighted by Crippen LogP contribution is 2.28. The van der Waals surface area contributed by atoms with Gasteiger partial charge in [-0.2, -0.15) is 0 Å². The Kier molecular flexibility index (Phi) is 3.43. The van der Waals surface area contributed by atoms with Crippen molar-refractivity contribution in [3.8, 4) is 17.0 Å². The molecule has 1 N–H and O–H groups in total. The third-order valence-electron chi connectivity index (χ3n) is 4.75. The van der Waals surface area contributed by atoms with Crippen LogP contribution in [0.5, 0.6) is 5.88 Å². The standard InChI is InChI=1S/C21H15FN4O/c22-18-10-14(15-5-6-20-24-8-9-25(20)11-15)3-4-16(18)12-26-13-19-17(21(26)27)2-1-7-23-19/h1-11,13,27H,12H2. The van der Waals surface area contributed by atoms with Crippen LogP contribution in [0.4, 0.5) is 4.39 Å².